The zero-order chi connectivity index (χ0) is 15.1. The standard InChI is InChI=1S/C18H28N2O/c1-14(15-8-4-2-5-9-15)20-18(21)13-12-17(19)16-10-6-3-7-11-16/h3,6-7,10-11,14-15,17H,2,4-5,8-9,12-13,19H2,1H3,(H,20,21). The smallest absolute Gasteiger partial charge is 0.220 e. The van der Waals surface area contributed by atoms with E-state index in [2.05, 4.69) is 12.2 Å². The van der Waals surface area contributed by atoms with Crippen molar-refractivity contribution in [2.45, 2.75) is 64.0 Å². The van der Waals surface area contributed by atoms with Crippen molar-refractivity contribution in [3.05, 3.63) is 35.9 Å². The summed E-state index contributed by atoms with van der Waals surface area (Å²) >= 11 is 0. The maximum Gasteiger partial charge on any atom is 0.220 e. The molecular weight excluding hydrogens is 260 g/mol. The van der Waals surface area contributed by atoms with Gasteiger partial charge in [-0.1, -0.05) is 49.6 Å². The van der Waals surface area contributed by atoms with Gasteiger partial charge in [0.05, 0.1) is 0 Å². The van der Waals surface area contributed by atoms with E-state index in [4.69, 9.17) is 5.73 Å². The fourth-order valence-corrected chi connectivity index (χ4v) is 3.23. The third kappa shape index (κ3) is 5.16. The largest absolute Gasteiger partial charge is 0.353 e. The van der Waals surface area contributed by atoms with E-state index in [0.29, 0.717) is 24.8 Å². The molecule has 3 nitrogen and oxygen atoms in total. The van der Waals surface area contributed by atoms with Crippen molar-refractivity contribution in [2.24, 2.45) is 11.7 Å². The predicted octanol–water partition coefficient (Wildman–Crippen LogP) is 3.55. The zero-order valence-electron chi connectivity index (χ0n) is 13.1. The third-order valence-electron chi connectivity index (χ3n) is 4.66. The molecule has 0 radical (unpaired) electrons. The number of hydrogen-bond acceptors (Lipinski definition) is 2. The van der Waals surface area contributed by atoms with Crippen LogP contribution in [-0.4, -0.2) is 11.9 Å². The van der Waals surface area contributed by atoms with E-state index in [1.807, 2.05) is 30.3 Å². The van der Waals surface area contributed by atoms with Crippen molar-refractivity contribution >= 4 is 5.91 Å². The molecule has 1 amide bonds. The number of nitrogens with two attached hydrogens (primary N) is 1. The summed E-state index contributed by atoms with van der Waals surface area (Å²) in [6.45, 7) is 2.14. The molecule has 1 aromatic carbocycles. The third-order valence-corrected chi connectivity index (χ3v) is 4.66. The molecule has 3 N–H and O–H groups in total. The molecule has 2 rings (SSSR count). The molecule has 21 heavy (non-hydrogen) atoms. The van der Waals surface area contributed by atoms with Crippen molar-refractivity contribution in [3.63, 3.8) is 0 Å². The Kier molecular flexibility index (Phi) is 6.24. The van der Waals surface area contributed by atoms with Crippen molar-refractivity contribution in [3.8, 4) is 0 Å². The molecule has 116 valence electrons. The van der Waals surface area contributed by atoms with Crippen LogP contribution in [0.25, 0.3) is 0 Å². The molecule has 0 aromatic heterocycles. The summed E-state index contributed by atoms with van der Waals surface area (Å²) in [7, 11) is 0. The number of benzene rings is 1. The normalized spacial score (nSPS) is 19.0. The Bertz CT molecular complexity index is 426. The lowest BCUT2D eigenvalue weighted by atomic mass is 9.84. The van der Waals surface area contributed by atoms with Crippen LogP contribution in [0.3, 0.4) is 0 Å². The molecular formula is C18H28N2O. The summed E-state index contributed by atoms with van der Waals surface area (Å²) in [5.74, 6) is 0.796. The van der Waals surface area contributed by atoms with Crippen LogP contribution in [0.2, 0.25) is 0 Å². The fraction of sp³-hybridized carbons (Fsp3) is 0.611. The van der Waals surface area contributed by atoms with E-state index in [1.54, 1.807) is 0 Å². The quantitative estimate of drug-likeness (QED) is 0.841. The molecule has 1 aromatic rings. The number of rotatable bonds is 6. The van der Waals surface area contributed by atoms with Crippen LogP contribution in [0, 0.1) is 5.92 Å². The van der Waals surface area contributed by atoms with Gasteiger partial charge in [0.2, 0.25) is 5.91 Å². The lowest BCUT2D eigenvalue weighted by Crippen LogP contribution is -2.39. The Morgan fingerprint density at radius 1 is 1.24 bits per heavy atom. The number of hydrogen-bond donors (Lipinski definition) is 2. The van der Waals surface area contributed by atoms with Crippen LogP contribution in [0.15, 0.2) is 30.3 Å². The molecule has 2 atom stereocenters. The Hall–Kier alpha value is -1.35. The van der Waals surface area contributed by atoms with E-state index >= 15 is 0 Å². The molecule has 1 aliphatic rings. The molecule has 1 saturated carbocycles. The average Bonchev–Trinajstić information content (AvgIpc) is 2.54. The van der Waals surface area contributed by atoms with Crippen LogP contribution >= 0.6 is 0 Å². The van der Waals surface area contributed by atoms with Crippen molar-refractivity contribution < 1.29 is 4.79 Å². The van der Waals surface area contributed by atoms with E-state index in [-0.39, 0.29) is 11.9 Å². The van der Waals surface area contributed by atoms with Gasteiger partial charge in [-0.25, -0.2) is 0 Å². The summed E-state index contributed by atoms with van der Waals surface area (Å²) in [5.41, 5.74) is 7.24. The SMILES string of the molecule is CC(NC(=O)CCC(N)c1ccccc1)C1CCCCC1. The summed E-state index contributed by atoms with van der Waals surface area (Å²) in [6.07, 6.45) is 7.69. The summed E-state index contributed by atoms with van der Waals surface area (Å²) in [4.78, 5) is 12.1. The fourth-order valence-electron chi connectivity index (χ4n) is 3.23. The molecule has 0 bridgehead atoms. The number of amides is 1. The van der Waals surface area contributed by atoms with E-state index < -0.39 is 0 Å². The first-order chi connectivity index (χ1) is 10.2. The van der Waals surface area contributed by atoms with Gasteiger partial charge < -0.3 is 11.1 Å². The zero-order valence-corrected chi connectivity index (χ0v) is 13.1. The highest BCUT2D eigenvalue weighted by atomic mass is 16.1. The summed E-state index contributed by atoms with van der Waals surface area (Å²) < 4.78 is 0. The van der Waals surface area contributed by atoms with E-state index in [9.17, 15) is 4.79 Å². The minimum Gasteiger partial charge on any atom is -0.353 e. The second-order valence-corrected chi connectivity index (χ2v) is 6.31. The van der Waals surface area contributed by atoms with E-state index in [1.165, 1.54) is 32.1 Å². The van der Waals surface area contributed by atoms with Crippen LogP contribution < -0.4 is 11.1 Å². The van der Waals surface area contributed by atoms with Crippen LogP contribution in [0.5, 0.6) is 0 Å². The predicted molar refractivity (Wildman–Crippen MR) is 86.8 cm³/mol. The van der Waals surface area contributed by atoms with Gasteiger partial charge in [-0.05, 0) is 37.7 Å². The topological polar surface area (TPSA) is 55.1 Å². The van der Waals surface area contributed by atoms with Gasteiger partial charge in [-0.3, -0.25) is 4.79 Å². The second-order valence-electron chi connectivity index (χ2n) is 6.31. The lowest BCUT2D eigenvalue weighted by molar-refractivity contribution is -0.122. The first kappa shape index (κ1) is 16.0. The monoisotopic (exact) mass is 288 g/mol. The van der Waals surface area contributed by atoms with Gasteiger partial charge in [0.1, 0.15) is 0 Å². The molecule has 0 spiro atoms. The molecule has 0 saturated heterocycles. The van der Waals surface area contributed by atoms with Crippen molar-refractivity contribution in [2.75, 3.05) is 0 Å². The number of nitrogens with one attached hydrogen (secondary N) is 1. The summed E-state index contributed by atoms with van der Waals surface area (Å²) in [5, 5.41) is 3.16. The minimum absolute atomic E-state index is 0.0538. The molecule has 0 heterocycles. The molecule has 3 heteroatoms. The highest BCUT2D eigenvalue weighted by molar-refractivity contribution is 5.76. The molecule has 1 fully saturated rings. The van der Waals surface area contributed by atoms with Crippen molar-refractivity contribution in [1.82, 2.24) is 5.32 Å². The molecule has 2 unspecified atom stereocenters. The molecule has 0 aliphatic heterocycles. The van der Waals surface area contributed by atoms with Gasteiger partial charge in [0.15, 0.2) is 0 Å². The molecule has 1 aliphatic carbocycles. The van der Waals surface area contributed by atoms with E-state index in [0.717, 1.165) is 5.56 Å². The van der Waals surface area contributed by atoms with Gasteiger partial charge in [0, 0.05) is 18.5 Å². The second kappa shape index (κ2) is 8.18. The van der Waals surface area contributed by atoms with Gasteiger partial charge in [-0.15, -0.1) is 0 Å². The maximum atomic E-state index is 12.1. The Morgan fingerprint density at radius 3 is 2.57 bits per heavy atom. The lowest BCUT2D eigenvalue weighted by Gasteiger charge is -2.28. The van der Waals surface area contributed by atoms with Gasteiger partial charge in [0.25, 0.3) is 0 Å². The number of carbonyl (C=O) groups excluding carboxylic acids is 1. The summed E-state index contributed by atoms with van der Waals surface area (Å²) in [6, 6.07) is 10.2. The van der Waals surface area contributed by atoms with Crippen molar-refractivity contribution in [1.29, 1.82) is 0 Å². The Balaban J connectivity index is 1.71. The first-order valence-electron chi connectivity index (χ1n) is 8.26. The van der Waals surface area contributed by atoms with Gasteiger partial charge in [-0.2, -0.15) is 0 Å². The Morgan fingerprint density at radius 2 is 1.90 bits per heavy atom. The van der Waals surface area contributed by atoms with Crippen LogP contribution in [0.1, 0.15) is 63.5 Å². The average molecular weight is 288 g/mol. The maximum absolute atomic E-state index is 12.1. The van der Waals surface area contributed by atoms with Gasteiger partial charge >= 0.3 is 0 Å². The number of carbonyl (C=O) groups is 1. The highest BCUT2D eigenvalue weighted by Crippen LogP contribution is 2.26. The van der Waals surface area contributed by atoms with Crippen LogP contribution in [-0.2, 0) is 4.79 Å². The first-order valence-corrected chi connectivity index (χ1v) is 8.26. The minimum atomic E-state index is -0.0538. The van der Waals surface area contributed by atoms with Crippen LogP contribution in [0.4, 0.5) is 0 Å². The Labute approximate surface area is 128 Å². The highest BCUT2D eigenvalue weighted by Gasteiger charge is 2.21.